The first kappa shape index (κ1) is 16.2. The van der Waals surface area contributed by atoms with Crippen molar-refractivity contribution in [2.75, 3.05) is 18.1 Å². The molecule has 0 radical (unpaired) electrons. The SMILES string of the molecule is CC(=O)N[C@@H](CSCCOC(C)(C)C)C(=O)O. The van der Waals surface area contributed by atoms with Gasteiger partial charge in [-0.15, -0.1) is 0 Å². The number of rotatable bonds is 7. The van der Waals surface area contributed by atoms with E-state index < -0.39 is 12.0 Å². The Morgan fingerprint density at radius 3 is 2.41 bits per heavy atom. The summed E-state index contributed by atoms with van der Waals surface area (Å²) in [5.74, 6) is -0.281. The van der Waals surface area contributed by atoms with Crippen LogP contribution in [-0.2, 0) is 14.3 Å². The molecule has 6 heteroatoms. The van der Waals surface area contributed by atoms with Gasteiger partial charge in [0.25, 0.3) is 0 Å². The summed E-state index contributed by atoms with van der Waals surface area (Å²) in [5.41, 5.74) is -0.176. The van der Waals surface area contributed by atoms with Crippen molar-refractivity contribution in [1.29, 1.82) is 0 Å². The largest absolute Gasteiger partial charge is 0.480 e. The third-order valence-corrected chi connectivity index (χ3v) is 2.75. The summed E-state index contributed by atoms with van der Waals surface area (Å²) in [4.78, 5) is 21.6. The minimum Gasteiger partial charge on any atom is -0.480 e. The van der Waals surface area contributed by atoms with Gasteiger partial charge < -0.3 is 15.2 Å². The average molecular weight is 263 g/mol. The molecule has 0 rings (SSSR count). The van der Waals surface area contributed by atoms with Crippen molar-refractivity contribution in [3.8, 4) is 0 Å². The van der Waals surface area contributed by atoms with Gasteiger partial charge in [0.2, 0.25) is 5.91 Å². The molecule has 0 aliphatic rings. The first-order chi connectivity index (χ1) is 7.72. The Bertz CT molecular complexity index is 263. The summed E-state index contributed by atoms with van der Waals surface area (Å²) in [6.45, 7) is 7.78. The van der Waals surface area contributed by atoms with Gasteiger partial charge in [-0.05, 0) is 20.8 Å². The zero-order chi connectivity index (χ0) is 13.5. The number of carbonyl (C=O) groups excluding carboxylic acids is 1. The maximum absolute atomic E-state index is 10.8. The number of amides is 1. The lowest BCUT2D eigenvalue weighted by molar-refractivity contribution is -0.140. The molecule has 0 fully saturated rings. The fourth-order valence-corrected chi connectivity index (χ4v) is 1.86. The Morgan fingerprint density at radius 1 is 1.41 bits per heavy atom. The van der Waals surface area contributed by atoms with Gasteiger partial charge in [0.1, 0.15) is 6.04 Å². The molecule has 0 unspecified atom stereocenters. The van der Waals surface area contributed by atoms with Crippen molar-refractivity contribution in [3.63, 3.8) is 0 Å². The molecule has 1 amide bonds. The van der Waals surface area contributed by atoms with Gasteiger partial charge in [-0.2, -0.15) is 11.8 Å². The van der Waals surface area contributed by atoms with E-state index in [1.54, 1.807) is 0 Å². The normalized spacial score (nSPS) is 13.2. The summed E-state index contributed by atoms with van der Waals surface area (Å²) in [7, 11) is 0. The standard InChI is InChI=1S/C11H21NO4S/c1-8(13)12-9(10(14)15)7-17-6-5-16-11(2,3)4/h9H,5-7H2,1-4H3,(H,12,13)(H,14,15)/t9-/m0/s1. The highest BCUT2D eigenvalue weighted by atomic mass is 32.2. The van der Waals surface area contributed by atoms with Crippen LogP contribution in [0.4, 0.5) is 0 Å². The van der Waals surface area contributed by atoms with Gasteiger partial charge >= 0.3 is 5.97 Å². The molecular formula is C11H21NO4S. The van der Waals surface area contributed by atoms with E-state index in [0.717, 1.165) is 0 Å². The highest BCUT2D eigenvalue weighted by molar-refractivity contribution is 7.99. The van der Waals surface area contributed by atoms with E-state index in [2.05, 4.69) is 5.32 Å². The van der Waals surface area contributed by atoms with Crippen LogP contribution in [0, 0.1) is 0 Å². The molecule has 0 saturated carbocycles. The smallest absolute Gasteiger partial charge is 0.327 e. The highest BCUT2D eigenvalue weighted by Gasteiger charge is 2.18. The van der Waals surface area contributed by atoms with Crippen LogP contribution in [0.15, 0.2) is 0 Å². The molecule has 2 N–H and O–H groups in total. The summed E-state index contributed by atoms with van der Waals surface area (Å²) in [5, 5.41) is 11.2. The highest BCUT2D eigenvalue weighted by Crippen LogP contribution is 2.09. The Morgan fingerprint density at radius 2 is 2.00 bits per heavy atom. The van der Waals surface area contributed by atoms with Crippen molar-refractivity contribution in [3.05, 3.63) is 0 Å². The fourth-order valence-electron chi connectivity index (χ4n) is 1.03. The summed E-state index contributed by atoms with van der Waals surface area (Å²) in [6.07, 6.45) is 0. The molecule has 0 aromatic rings. The number of thioether (sulfide) groups is 1. The average Bonchev–Trinajstić information content (AvgIpc) is 2.12. The zero-order valence-electron chi connectivity index (χ0n) is 10.8. The molecule has 0 heterocycles. The molecule has 5 nitrogen and oxygen atoms in total. The Balaban J connectivity index is 3.76. The van der Waals surface area contributed by atoms with Crippen molar-refractivity contribution >= 4 is 23.6 Å². The number of carbonyl (C=O) groups is 2. The van der Waals surface area contributed by atoms with Crippen LogP contribution in [0.5, 0.6) is 0 Å². The van der Waals surface area contributed by atoms with E-state index in [-0.39, 0.29) is 11.5 Å². The van der Waals surface area contributed by atoms with Crippen LogP contribution < -0.4 is 5.32 Å². The lowest BCUT2D eigenvalue weighted by Gasteiger charge is -2.19. The topological polar surface area (TPSA) is 75.6 Å². The monoisotopic (exact) mass is 263 g/mol. The quantitative estimate of drug-likeness (QED) is 0.673. The van der Waals surface area contributed by atoms with E-state index in [0.29, 0.717) is 18.1 Å². The minimum atomic E-state index is -1.01. The molecule has 0 aromatic heterocycles. The summed E-state index contributed by atoms with van der Waals surface area (Å²) < 4.78 is 5.50. The predicted octanol–water partition coefficient (Wildman–Crippen LogP) is 1.12. The summed E-state index contributed by atoms with van der Waals surface area (Å²) >= 11 is 1.45. The van der Waals surface area contributed by atoms with E-state index in [4.69, 9.17) is 9.84 Å². The number of carboxylic acid groups (broad SMARTS) is 1. The lowest BCUT2D eigenvalue weighted by Crippen LogP contribution is -2.41. The third kappa shape index (κ3) is 10.1. The van der Waals surface area contributed by atoms with Gasteiger partial charge in [0.15, 0.2) is 0 Å². The van der Waals surface area contributed by atoms with E-state index in [1.807, 2.05) is 20.8 Å². The molecule has 0 bridgehead atoms. The van der Waals surface area contributed by atoms with Crippen LogP contribution in [0.3, 0.4) is 0 Å². The third-order valence-electron chi connectivity index (χ3n) is 1.72. The number of nitrogens with one attached hydrogen (secondary N) is 1. The maximum Gasteiger partial charge on any atom is 0.327 e. The van der Waals surface area contributed by atoms with E-state index >= 15 is 0 Å². The second kappa shape index (κ2) is 7.55. The van der Waals surface area contributed by atoms with Crippen molar-refractivity contribution in [1.82, 2.24) is 5.32 Å². The number of hydrogen-bond donors (Lipinski definition) is 2. The number of aliphatic carboxylic acids is 1. The van der Waals surface area contributed by atoms with Gasteiger partial charge in [-0.25, -0.2) is 4.79 Å². The second-order valence-corrected chi connectivity index (χ2v) is 5.78. The molecule has 0 saturated heterocycles. The number of carboxylic acids is 1. The Hall–Kier alpha value is -0.750. The first-order valence-electron chi connectivity index (χ1n) is 5.44. The van der Waals surface area contributed by atoms with Crippen LogP contribution in [0.1, 0.15) is 27.7 Å². The summed E-state index contributed by atoms with van der Waals surface area (Å²) in [6, 6.07) is -0.827. The van der Waals surface area contributed by atoms with Crippen LogP contribution in [0.2, 0.25) is 0 Å². The van der Waals surface area contributed by atoms with Crippen molar-refractivity contribution in [2.24, 2.45) is 0 Å². The molecule has 0 aromatic carbocycles. The van der Waals surface area contributed by atoms with E-state index in [9.17, 15) is 9.59 Å². The van der Waals surface area contributed by atoms with Gasteiger partial charge in [0.05, 0.1) is 12.2 Å². The van der Waals surface area contributed by atoms with Crippen LogP contribution in [0.25, 0.3) is 0 Å². The van der Waals surface area contributed by atoms with E-state index in [1.165, 1.54) is 18.7 Å². The van der Waals surface area contributed by atoms with Crippen LogP contribution >= 0.6 is 11.8 Å². The molecule has 17 heavy (non-hydrogen) atoms. The zero-order valence-corrected chi connectivity index (χ0v) is 11.6. The van der Waals surface area contributed by atoms with Crippen molar-refractivity contribution < 1.29 is 19.4 Å². The molecule has 0 spiro atoms. The lowest BCUT2D eigenvalue weighted by atomic mass is 10.2. The van der Waals surface area contributed by atoms with Gasteiger partial charge in [-0.1, -0.05) is 0 Å². The number of hydrogen-bond acceptors (Lipinski definition) is 4. The number of ether oxygens (including phenoxy) is 1. The molecule has 0 aliphatic carbocycles. The van der Waals surface area contributed by atoms with Gasteiger partial charge in [-0.3, -0.25) is 4.79 Å². The molecule has 100 valence electrons. The molecule has 1 atom stereocenters. The van der Waals surface area contributed by atoms with Gasteiger partial charge in [0, 0.05) is 18.4 Å². The Kier molecular flexibility index (Phi) is 7.22. The molecule has 0 aliphatic heterocycles. The second-order valence-electron chi connectivity index (χ2n) is 4.63. The molecular weight excluding hydrogens is 242 g/mol. The van der Waals surface area contributed by atoms with Crippen molar-refractivity contribution in [2.45, 2.75) is 39.3 Å². The maximum atomic E-state index is 10.8. The first-order valence-corrected chi connectivity index (χ1v) is 6.59. The predicted molar refractivity (Wildman–Crippen MR) is 68.3 cm³/mol. The minimum absolute atomic E-state index is 0.176. The fraction of sp³-hybridized carbons (Fsp3) is 0.818. The Labute approximate surface area is 106 Å². The van der Waals surface area contributed by atoms with Crippen LogP contribution in [-0.4, -0.2) is 46.7 Å².